The van der Waals surface area contributed by atoms with Gasteiger partial charge < -0.3 is 14.6 Å². The highest BCUT2D eigenvalue weighted by atomic mass is 16.5. The summed E-state index contributed by atoms with van der Waals surface area (Å²) in [4.78, 5) is 4.02. The number of nitrogens with zero attached hydrogens (tertiary/aromatic N) is 3. The van der Waals surface area contributed by atoms with Gasteiger partial charge in [0.05, 0.1) is 6.54 Å². The van der Waals surface area contributed by atoms with E-state index < -0.39 is 6.10 Å². The van der Waals surface area contributed by atoms with Crippen molar-refractivity contribution in [2.75, 3.05) is 6.61 Å². The van der Waals surface area contributed by atoms with Crippen LogP contribution in [0.4, 0.5) is 0 Å². The normalized spacial score (nSPS) is 11.9. The Labute approximate surface area is 140 Å². The van der Waals surface area contributed by atoms with Gasteiger partial charge in [0.1, 0.15) is 42.1 Å². The largest absolute Gasteiger partial charge is 0.491 e. The zero-order chi connectivity index (χ0) is 16.8. The van der Waals surface area contributed by atoms with Gasteiger partial charge in [0.15, 0.2) is 0 Å². The average Bonchev–Trinajstić information content (AvgIpc) is 3.00. The smallest absolute Gasteiger partial charge is 0.147 e. The Morgan fingerprint density at radius 2 is 1.67 bits per heavy atom. The summed E-state index contributed by atoms with van der Waals surface area (Å²) < 4.78 is 12.9. The molecule has 0 bridgehead atoms. The number of hydrogen-bond acceptors (Lipinski definition) is 5. The minimum absolute atomic E-state index is 0.178. The van der Waals surface area contributed by atoms with Crippen molar-refractivity contribution in [2.24, 2.45) is 0 Å². The van der Waals surface area contributed by atoms with Crippen LogP contribution in [0.25, 0.3) is 0 Å². The molecule has 124 valence electrons. The molecule has 0 fully saturated rings. The zero-order valence-electron chi connectivity index (χ0n) is 13.4. The van der Waals surface area contributed by atoms with E-state index >= 15 is 0 Å². The third-order valence-corrected chi connectivity index (χ3v) is 3.29. The van der Waals surface area contributed by atoms with Crippen LogP contribution in [0.2, 0.25) is 0 Å². The fraction of sp³-hybridized carbons (Fsp3) is 0.222. The molecular weight excluding hydrogens is 306 g/mol. The fourth-order valence-corrected chi connectivity index (χ4v) is 2.17. The van der Waals surface area contributed by atoms with Gasteiger partial charge in [-0.15, -0.1) is 0 Å². The highest BCUT2D eigenvalue weighted by molar-refractivity contribution is 5.35. The van der Waals surface area contributed by atoms with Crippen molar-refractivity contribution < 1.29 is 14.6 Å². The lowest BCUT2D eigenvalue weighted by atomic mass is 10.3. The minimum atomic E-state index is -0.661. The Morgan fingerprint density at radius 1 is 1.00 bits per heavy atom. The molecule has 6 heteroatoms. The van der Waals surface area contributed by atoms with E-state index in [1.165, 1.54) is 0 Å². The van der Waals surface area contributed by atoms with Gasteiger partial charge in [-0.25, -0.2) is 9.67 Å². The van der Waals surface area contributed by atoms with Gasteiger partial charge in [-0.2, -0.15) is 5.10 Å². The lowest BCUT2D eigenvalue weighted by molar-refractivity contribution is 0.0892. The number of aromatic nitrogens is 3. The van der Waals surface area contributed by atoms with E-state index in [-0.39, 0.29) is 6.61 Å². The summed E-state index contributed by atoms with van der Waals surface area (Å²) in [6.07, 6.45) is 0.931. The number of aliphatic hydroxyl groups is 1. The molecule has 3 aromatic rings. The van der Waals surface area contributed by atoms with E-state index in [9.17, 15) is 5.11 Å². The summed E-state index contributed by atoms with van der Waals surface area (Å²) in [5, 5.41) is 14.1. The maximum absolute atomic E-state index is 9.98. The molecular formula is C18H19N3O3. The summed E-state index contributed by atoms with van der Waals surface area (Å²) in [5.74, 6) is 2.86. The van der Waals surface area contributed by atoms with E-state index in [4.69, 9.17) is 9.47 Å². The molecule has 1 aromatic heterocycles. The van der Waals surface area contributed by atoms with Crippen molar-refractivity contribution in [3.63, 3.8) is 0 Å². The van der Waals surface area contributed by atoms with Gasteiger partial charge in [0.2, 0.25) is 0 Å². The quantitative estimate of drug-likeness (QED) is 0.723. The second-order valence-corrected chi connectivity index (χ2v) is 5.37. The SMILES string of the molecule is Cc1ncn(C[C@@H](O)COc2ccc(Oc3ccccc3)cc2)n1. The van der Waals surface area contributed by atoms with Crippen molar-refractivity contribution in [3.05, 3.63) is 66.7 Å². The number of rotatable bonds is 7. The number of hydrogen-bond donors (Lipinski definition) is 1. The van der Waals surface area contributed by atoms with E-state index in [1.54, 1.807) is 17.9 Å². The number of aliphatic hydroxyl groups excluding tert-OH is 1. The second kappa shape index (κ2) is 7.61. The molecule has 1 heterocycles. The monoisotopic (exact) mass is 325 g/mol. The molecule has 0 amide bonds. The van der Waals surface area contributed by atoms with Crippen LogP contribution in [0, 0.1) is 6.92 Å². The molecule has 1 N–H and O–H groups in total. The average molecular weight is 325 g/mol. The first-order valence-electron chi connectivity index (χ1n) is 7.69. The van der Waals surface area contributed by atoms with Gasteiger partial charge in [-0.05, 0) is 43.3 Å². The lowest BCUT2D eigenvalue weighted by Crippen LogP contribution is -2.23. The minimum Gasteiger partial charge on any atom is -0.491 e. The van der Waals surface area contributed by atoms with Crippen LogP contribution in [0.1, 0.15) is 5.82 Å². The lowest BCUT2D eigenvalue weighted by Gasteiger charge is -2.12. The van der Waals surface area contributed by atoms with Crippen molar-refractivity contribution in [2.45, 2.75) is 19.6 Å². The van der Waals surface area contributed by atoms with Gasteiger partial charge in [0, 0.05) is 0 Å². The number of para-hydroxylation sites is 1. The first kappa shape index (κ1) is 16.0. The molecule has 24 heavy (non-hydrogen) atoms. The molecule has 0 saturated carbocycles. The summed E-state index contributed by atoms with van der Waals surface area (Å²) >= 11 is 0. The Kier molecular flexibility index (Phi) is 5.08. The summed E-state index contributed by atoms with van der Waals surface area (Å²) in [6, 6.07) is 16.9. The standard InChI is InChI=1S/C18H19N3O3/c1-14-19-13-21(20-14)11-15(22)12-23-16-7-9-18(10-8-16)24-17-5-3-2-4-6-17/h2-10,13,15,22H,11-12H2,1H3/t15-/m1/s1. The van der Waals surface area contributed by atoms with E-state index in [0.29, 0.717) is 18.1 Å². The Bertz CT molecular complexity index is 757. The first-order valence-corrected chi connectivity index (χ1v) is 7.69. The van der Waals surface area contributed by atoms with Crippen LogP contribution >= 0.6 is 0 Å². The molecule has 0 unspecified atom stereocenters. The highest BCUT2D eigenvalue weighted by Gasteiger charge is 2.08. The Hall–Kier alpha value is -2.86. The summed E-state index contributed by atoms with van der Waals surface area (Å²) in [6.45, 7) is 2.33. The molecule has 0 aliphatic heterocycles. The van der Waals surface area contributed by atoms with Crippen LogP contribution < -0.4 is 9.47 Å². The summed E-state index contributed by atoms with van der Waals surface area (Å²) in [7, 11) is 0. The molecule has 0 radical (unpaired) electrons. The van der Waals surface area contributed by atoms with Crippen molar-refractivity contribution in [3.8, 4) is 17.2 Å². The van der Waals surface area contributed by atoms with Crippen LogP contribution in [0.3, 0.4) is 0 Å². The summed E-state index contributed by atoms with van der Waals surface area (Å²) in [5.41, 5.74) is 0. The molecule has 0 aliphatic carbocycles. The zero-order valence-corrected chi connectivity index (χ0v) is 13.4. The Morgan fingerprint density at radius 3 is 2.33 bits per heavy atom. The highest BCUT2D eigenvalue weighted by Crippen LogP contribution is 2.23. The fourth-order valence-electron chi connectivity index (χ4n) is 2.17. The molecule has 0 saturated heterocycles. The van der Waals surface area contributed by atoms with Gasteiger partial charge >= 0.3 is 0 Å². The maximum atomic E-state index is 9.98. The van der Waals surface area contributed by atoms with Crippen LogP contribution in [0.5, 0.6) is 17.2 Å². The van der Waals surface area contributed by atoms with Crippen molar-refractivity contribution in [1.82, 2.24) is 14.8 Å². The molecule has 0 aliphatic rings. The van der Waals surface area contributed by atoms with E-state index in [1.807, 2.05) is 54.6 Å². The van der Waals surface area contributed by atoms with Gasteiger partial charge in [0.25, 0.3) is 0 Å². The van der Waals surface area contributed by atoms with Crippen molar-refractivity contribution in [1.29, 1.82) is 0 Å². The third kappa shape index (κ3) is 4.57. The van der Waals surface area contributed by atoms with Crippen LogP contribution in [-0.2, 0) is 6.54 Å². The van der Waals surface area contributed by atoms with Crippen LogP contribution in [0.15, 0.2) is 60.9 Å². The predicted octanol–water partition coefficient (Wildman–Crippen LogP) is 2.82. The Balaban J connectivity index is 1.49. The van der Waals surface area contributed by atoms with Gasteiger partial charge in [-0.3, -0.25) is 0 Å². The number of benzene rings is 2. The van der Waals surface area contributed by atoms with Crippen molar-refractivity contribution >= 4 is 0 Å². The molecule has 1 atom stereocenters. The second-order valence-electron chi connectivity index (χ2n) is 5.37. The first-order chi connectivity index (χ1) is 11.7. The van der Waals surface area contributed by atoms with E-state index in [2.05, 4.69) is 10.1 Å². The molecule has 3 rings (SSSR count). The van der Waals surface area contributed by atoms with Gasteiger partial charge in [-0.1, -0.05) is 18.2 Å². The molecule has 6 nitrogen and oxygen atoms in total. The maximum Gasteiger partial charge on any atom is 0.147 e. The van der Waals surface area contributed by atoms with E-state index in [0.717, 1.165) is 11.5 Å². The number of ether oxygens (including phenoxy) is 2. The van der Waals surface area contributed by atoms with Crippen LogP contribution in [-0.4, -0.2) is 32.6 Å². The molecule has 0 spiro atoms. The number of aryl methyl sites for hydroxylation is 1. The topological polar surface area (TPSA) is 69.4 Å². The third-order valence-electron chi connectivity index (χ3n) is 3.29. The molecule has 2 aromatic carbocycles. The predicted molar refractivity (Wildman–Crippen MR) is 89.2 cm³/mol.